The average molecular weight is 279 g/mol. The van der Waals surface area contributed by atoms with Gasteiger partial charge in [0.15, 0.2) is 0 Å². The van der Waals surface area contributed by atoms with Crippen molar-refractivity contribution < 1.29 is 4.21 Å². The predicted molar refractivity (Wildman–Crippen MR) is 81.7 cm³/mol. The molecule has 3 heteroatoms. The van der Waals surface area contributed by atoms with Gasteiger partial charge in [-0.2, -0.15) is 0 Å². The molecule has 0 amide bonds. The van der Waals surface area contributed by atoms with Crippen molar-refractivity contribution in [1.29, 1.82) is 0 Å². The van der Waals surface area contributed by atoms with Crippen LogP contribution in [0.3, 0.4) is 0 Å². The van der Waals surface area contributed by atoms with Crippen molar-refractivity contribution in [3.63, 3.8) is 0 Å². The Labute approximate surface area is 119 Å². The highest BCUT2D eigenvalue weighted by molar-refractivity contribution is 7.85. The third-order valence-electron chi connectivity index (χ3n) is 4.19. The summed E-state index contributed by atoms with van der Waals surface area (Å²) in [6, 6.07) is 6.24. The van der Waals surface area contributed by atoms with E-state index in [1.165, 1.54) is 37.7 Å². The number of rotatable bonds is 4. The van der Waals surface area contributed by atoms with Crippen LogP contribution in [0.15, 0.2) is 23.1 Å². The maximum absolute atomic E-state index is 12.5. The SMILES string of the molecule is Cc1ccc(C)c(S(=O)CC(N)C2CCCCC2)c1. The molecule has 0 spiro atoms. The van der Waals surface area contributed by atoms with E-state index in [0.29, 0.717) is 11.7 Å². The molecule has 0 aliphatic heterocycles. The van der Waals surface area contributed by atoms with Gasteiger partial charge in [-0.05, 0) is 49.8 Å². The van der Waals surface area contributed by atoms with E-state index in [0.717, 1.165) is 10.5 Å². The summed E-state index contributed by atoms with van der Waals surface area (Å²) in [5.74, 6) is 1.18. The van der Waals surface area contributed by atoms with Crippen molar-refractivity contribution in [2.75, 3.05) is 5.75 Å². The summed E-state index contributed by atoms with van der Waals surface area (Å²) in [6.45, 7) is 4.07. The Kier molecular flexibility index (Phi) is 5.17. The maximum atomic E-state index is 12.5. The minimum absolute atomic E-state index is 0.0843. The lowest BCUT2D eigenvalue weighted by Gasteiger charge is -2.27. The standard InChI is InChI=1S/C16H25NOS/c1-12-8-9-13(2)16(10-12)19(18)11-15(17)14-6-4-3-5-7-14/h8-10,14-15H,3-7,11,17H2,1-2H3. The van der Waals surface area contributed by atoms with Gasteiger partial charge in [0.1, 0.15) is 0 Å². The first kappa shape index (κ1) is 14.7. The van der Waals surface area contributed by atoms with Crippen LogP contribution in [0.5, 0.6) is 0 Å². The van der Waals surface area contributed by atoms with E-state index in [2.05, 4.69) is 12.1 Å². The number of hydrogen-bond acceptors (Lipinski definition) is 2. The lowest BCUT2D eigenvalue weighted by atomic mass is 9.85. The maximum Gasteiger partial charge on any atom is 0.0548 e. The minimum Gasteiger partial charge on any atom is -0.327 e. The Bertz CT molecular complexity index is 452. The summed E-state index contributed by atoms with van der Waals surface area (Å²) in [6.07, 6.45) is 6.34. The van der Waals surface area contributed by atoms with Crippen molar-refractivity contribution in [2.24, 2.45) is 11.7 Å². The molecule has 1 aromatic rings. The molecule has 1 fully saturated rings. The van der Waals surface area contributed by atoms with Crippen LogP contribution in [0.2, 0.25) is 0 Å². The molecule has 2 unspecified atom stereocenters. The highest BCUT2D eigenvalue weighted by Gasteiger charge is 2.23. The fraction of sp³-hybridized carbons (Fsp3) is 0.625. The van der Waals surface area contributed by atoms with Crippen molar-refractivity contribution in [3.8, 4) is 0 Å². The Balaban J connectivity index is 2.01. The van der Waals surface area contributed by atoms with Crippen LogP contribution in [0.4, 0.5) is 0 Å². The van der Waals surface area contributed by atoms with Gasteiger partial charge in [0.05, 0.1) is 10.8 Å². The molecule has 2 nitrogen and oxygen atoms in total. The summed E-state index contributed by atoms with van der Waals surface area (Å²) >= 11 is 0. The number of nitrogens with two attached hydrogens (primary N) is 1. The molecule has 2 atom stereocenters. The molecular formula is C16H25NOS. The molecule has 0 saturated heterocycles. The molecule has 0 bridgehead atoms. The first-order chi connectivity index (χ1) is 9.08. The average Bonchev–Trinajstić information content (AvgIpc) is 2.42. The van der Waals surface area contributed by atoms with Crippen molar-refractivity contribution >= 4 is 10.8 Å². The van der Waals surface area contributed by atoms with Gasteiger partial charge in [-0.15, -0.1) is 0 Å². The van der Waals surface area contributed by atoms with Gasteiger partial charge >= 0.3 is 0 Å². The van der Waals surface area contributed by atoms with Gasteiger partial charge in [0, 0.05) is 16.7 Å². The fourth-order valence-electron chi connectivity index (χ4n) is 2.92. The molecule has 2 rings (SSSR count). The highest BCUT2D eigenvalue weighted by Crippen LogP contribution is 2.27. The van der Waals surface area contributed by atoms with Crippen LogP contribution >= 0.6 is 0 Å². The van der Waals surface area contributed by atoms with Gasteiger partial charge in [0.2, 0.25) is 0 Å². The van der Waals surface area contributed by atoms with E-state index >= 15 is 0 Å². The largest absolute Gasteiger partial charge is 0.327 e. The van der Waals surface area contributed by atoms with E-state index < -0.39 is 10.8 Å². The normalized spacial score (nSPS) is 20.2. The summed E-state index contributed by atoms with van der Waals surface area (Å²) in [5, 5.41) is 0. The molecule has 1 aliphatic carbocycles. The van der Waals surface area contributed by atoms with E-state index in [1.54, 1.807) is 0 Å². The first-order valence-electron chi connectivity index (χ1n) is 7.29. The highest BCUT2D eigenvalue weighted by atomic mass is 32.2. The monoisotopic (exact) mass is 279 g/mol. The lowest BCUT2D eigenvalue weighted by Crippen LogP contribution is -2.36. The van der Waals surface area contributed by atoms with Gasteiger partial charge < -0.3 is 5.73 Å². The van der Waals surface area contributed by atoms with Crippen LogP contribution in [-0.4, -0.2) is 16.0 Å². The molecule has 0 heterocycles. The first-order valence-corrected chi connectivity index (χ1v) is 8.61. The number of aryl methyl sites for hydroxylation is 2. The van der Waals surface area contributed by atoms with Crippen LogP contribution in [0.25, 0.3) is 0 Å². The quantitative estimate of drug-likeness (QED) is 0.918. The van der Waals surface area contributed by atoms with Crippen molar-refractivity contribution in [2.45, 2.75) is 56.9 Å². The van der Waals surface area contributed by atoms with Crippen LogP contribution in [-0.2, 0) is 10.8 Å². The zero-order valence-corrected chi connectivity index (χ0v) is 12.8. The molecule has 2 N–H and O–H groups in total. The molecule has 19 heavy (non-hydrogen) atoms. The molecule has 1 aromatic carbocycles. The zero-order chi connectivity index (χ0) is 13.8. The van der Waals surface area contributed by atoms with E-state index in [9.17, 15) is 4.21 Å². The third-order valence-corrected chi connectivity index (χ3v) is 5.81. The van der Waals surface area contributed by atoms with Gasteiger partial charge in [-0.3, -0.25) is 4.21 Å². The molecule has 1 aliphatic rings. The molecule has 1 saturated carbocycles. The van der Waals surface area contributed by atoms with Crippen LogP contribution in [0.1, 0.15) is 43.2 Å². The second-order valence-corrected chi connectivity index (χ2v) is 7.31. The van der Waals surface area contributed by atoms with Gasteiger partial charge in [-0.25, -0.2) is 0 Å². The van der Waals surface area contributed by atoms with Crippen molar-refractivity contribution in [1.82, 2.24) is 0 Å². The van der Waals surface area contributed by atoms with E-state index in [-0.39, 0.29) is 6.04 Å². The lowest BCUT2D eigenvalue weighted by molar-refractivity contribution is 0.318. The minimum atomic E-state index is -0.962. The Morgan fingerprint density at radius 1 is 1.26 bits per heavy atom. The summed E-state index contributed by atoms with van der Waals surface area (Å²) < 4.78 is 12.5. The Morgan fingerprint density at radius 2 is 1.95 bits per heavy atom. The summed E-state index contributed by atoms with van der Waals surface area (Å²) in [5.41, 5.74) is 8.56. The topological polar surface area (TPSA) is 43.1 Å². The zero-order valence-electron chi connectivity index (χ0n) is 12.0. The molecule has 0 aromatic heterocycles. The third kappa shape index (κ3) is 3.90. The van der Waals surface area contributed by atoms with E-state index in [4.69, 9.17) is 5.73 Å². The number of hydrogen-bond donors (Lipinski definition) is 1. The van der Waals surface area contributed by atoms with Crippen LogP contribution < -0.4 is 5.73 Å². The fourth-order valence-corrected chi connectivity index (χ4v) is 4.46. The van der Waals surface area contributed by atoms with E-state index in [1.807, 2.05) is 19.9 Å². The second-order valence-electron chi connectivity index (χ2n) is 5.84. The van der Waals surface area contributed by atoms with Gasteiger partial charge in [0.25, 0.3) is 0 Å². The van der Waals surface area contributed by atoms with Crippen molar-refractivity contribution in [3.05, 3.63) is 29.3 Å². The molecule has 106 valence electrons. The Morgan fingerprint density at radius 3 is 2.63 bits per heavy atom. The number of benzene rings is 1. The molecular weight excluding hydrogens is 254 g/mol. The predicted octanol–water partition coefficient (Wildman–Crippen LogP) is 3.32. The summed E-state index contributed by atoms with van der Waals surface area (Å²) in [4.78, 5) is 0.964. The second kappa shape index (κ2) is 6.67. The smallest absolute Gasteiger partial charge is 0.0548 e. The molecule has 0 radical (unpaired) electrons. The Hall–Kier alpha value is -0.670. The summed E-state index contributed by atoms with van der Waals surface area (Å²) in [7, 11) is -0.962. The van der Waals surface area contributed by atoms with Gasteiger partial charge in [-0.1, -0.05) is 31.4 Å². The van der Waals surface area contributed by atoms with Crippen LogP contribution in [0, 0.1) is 19.8 Å².